The van der Waals surface area contributed by atoms with Gasteiger partial charge >= 0.3 is 0 Å². The number of para-hydroxylation sites is 2. The standard InChI is InChI=1S/C65H49N5/c1-39-29-41(3)63(42(4)30-39)47-25-27-59-52(33-47)50-21-13-15-23-57(50)69(59)61-36-54(65-67-55(45-17-9-7-10-18-45)37-56(68-65)46-19-11-8-12-20-46)62(35-49(61)38-66)70-58-24-16-14-22-51(58)53-34-48(26-28-60(53)70)64-43(5)31-40(2)32-44(64)6/h7-37H,1-6H3. The van der Waals surface area contributed by atoms with Crippen LogP contribution in [0, 0.1) is 52.9 Å². The largest absolute Gasteiger partial charge is 0.308 e. The van der Waals surface area contributed by atoms with Gasteiger partial charge in [-0.25, -0.2) is 9.97 Å². The van der Waals surface area contributed by atoms with Gasteiger partial charge in [-0.3, -0.25) is 0 Å². The van der Waals surface area contributed by atoms with Gasteiger partial charge in [-0.2, -0.15) is 5.26 Å². The van der Waals surface area contributed by atoms with E-state index in [1.807, 2.05) is 36.4 Å². The van der Waals surface area contributed by atoms with Crippen LogP contribution in [0.25, 0.3) is 111 Å². The zero-order valence-corrected chi connectivity index (χ0v) is 40.1. The molecular formula is C65H49N5. The van der Waals surface area contributed by atoms with Crippen LogP contribution in [0.2, 0.25) is 0 Å². The number of hydrogen-bond donors (Lipinski definition) is 0. The fourth-order valence-electron chi connectivity index (χ4n) is 11.3. The van der Waals surface area contributed by atoms with Crippen LogP contribution in [0.4, 0.5) is 0 Å². The number of fused-ring (bicyclic) bond motifs is 6. The predicted octanol–water partition coefficient (Wildman–Crippen LogP) is 16.7. The number of nitriles is 1. The van der Waals surface area contributed by atoms with Crippen molar-refractivity contribution >= 4 is 43.6 Å². The minimum Gasteiger partial charge on any atom is -0.308 e. The number of aromatic nitrogens is 4. The van der Waals surface area contributed by atoms with Gasteiger partial charge in [0.05, 0.1) is 50.4 Å². The van der Waals surface area contributed by atoms with Crippen molar-refractivity contribution < 1.29 is 0 Å². The molecule has 0 aliphatic heterocycles. The number of benzene rings is 9. The van der Waals surface area contributed by atoms with E-state index in [9.17, 15) is 5.26 Å². The third-order valence-electron chi connectivity index (χ3n) is 14.1. The first-order valence-electron chi connectivity index (χ1n) is 24.0. The normalized spacial score (nSPS) is 11.6. The zero-order valence-electron chi connectivity index (χ0n) is 40.1. The molecule has 3 aromatic heterocycles. The van der Waals surface area contributed by atoms with E-state index in [0.717, 1.165) is 83.1 Å². The van der Waals surface area contributed by atoms with E-state index in [2.05, 4.69) is 208 Å². The van der Waals surface area contributed by atoms with Crippen LogP contribution >= 0.6 is 0 Å². The van der Waals surface area contributed by atoms with Crippen molar-refractivity contribution in [1.29, 1.82) is 5.26 Å². The molecule has 5 heteroatoms. The van der Waals surface area contributed by atoms with Gasteiger partial charge in [0.25, 0.3) is 0 Å². The lowest BCUT2D eigenvalue weighted by atomic mass is 9.93. The quantitative estimate of drug-likeness (QED) is 0.160. The van der Waals surface area contributed by atoms with Gasteiger partial charge < -0.3 is 9.13 Å². The summed E-state index contributed by atoms with van der Waals surface area (Å²) >= 11 is 0. The summed E-state index contributed by atoms with van der Waals surface area (Å²) in [5, 5.41) is 15.9. The summed E-state index contributed by atoms with van der Waals surface area (Å²) in [6.07, 6.45) is 0. The molecule has 0 atom stereocenters. The molecule has 5 nitrogen and oxygen atoms in total. The molecule has 0 aliphatic rings. The minimum atomic E-state index is 0.534. The molecule has 0 spiro atoms. The maximum atomic E-state index is 11.5. The van der Waals surface area contributed by atoms with E-state index in [-0.39, 0.29) is 0 Å². The molecule has 334 valence electrons. The van der Waals surface area contributed by atoms with E-state index < -0.39 is 0 Å². The number of aryl methyl sites for hydroxylation is 6. The molecule has 0 N–H and O–H groups in total. The van der Waals surface area contributed by atoms with E-state index >= 15 is 0 Å². The van der Waals surface area contributed by atoms with Crippen molar-refractivity contribution in [1.82, 2.24) is 19.1 Å². The molecular weight excluding hydrogens is 851 g/mol. The van der Waals surface area contributed by atoms with Crippen LogP contribution in [0.3, 0.4) is 0 Å². The lowest BCUT2D eigenvalue weighted by Crippen LogP contribution is -2.06. The van der Waals surface area contributed by atoms with E-state index in [0.29, 0.717) is 11.4 Å². The summed E-state index contributed by atoms with van der Waals surface area (Å²) in [7, 11) is 0. The van der Waals surface area contributed by atoms with Crippen molar-refractivity contribution in [2.24, 2.45) is 0 Å². The maximum Gasteiger partial charge on any atom is 0.162 e. The van der Waals surface area contributed by atoms with Gasteiger partial charge in [0.1, 0.15) is 6.07 Å². The first-order valence-corrected chi connectivity index (χ1v) is 24.0. The highest BCUT2D eigenvalue weighted by Crippen LogP contribution is 2.43. The number of rotatable bonds is 7. The minimum absolute atomic E-state index is 0.534. The molecule has 3 heterocycles. The van der Waals surface area contributed by atoms with Gasteiger partial charge in [-0.1, -0.05) is 145 Å². The highest BCUT2D eigenvalue weighted by atomic mass is 15.0. The van der Waals surface area contributed by atoms with Crippen molar-refractivity contribution in [3.8, 4) is 73.6 Å². The fraction of sp³-hybridized carbons (Fsp3) is 0.0923. The van der Waals surface area contributed by atoms with Crippen molar-refractivity contribution in [2.45, 2.75) is 41.5 Å². The van der Waals surface area contributed by atoms with Gasteiger partial charge in [0, 0.05) is 38.2 Å². The third kappa shape index (κ3) is 6.99. The smallest absolute Gasteiger partial charge is 0.162 e. The van der Waals surface area contributed by atoms with E-state index in [4.69, 9.17) is 9.97 Å². The fourth-order valence-corrected chi connectivity index (χ4v) is 11.3. The van der Waals surface area contributed by atoms with Crippen LogP contribution in [0.15, 0.2) is 188 Å². The lowest BCUT2D eigenvalue weighted by molar-refractivity contribution is 1.11. The Kier molecular flexibility index (Phi) is 10.2. The highest BCUT2D eigenvalue weighted by Gasteiger charge is 2.25. The highest BCUT2D eigenvalue weighted by molar-refractivity contribution is 6.12. The van der Waals surface area contributed by atoms with Gasteiger partial charge in [-0.15, -0.1) is 0 Å². The van der Waals surface area contributed by atoms with Crippen LogP contribution < -0.4 is 0 Å². The average molecular weight is 900 g/mol. The molecule has 0 aliphatic carbocycles. The summed E-state index contributed by atoms with van der Waals surface area (Å²) in [5.41, 5.74) is 22.9. The van der Waals surface area contributed by atoms with Crippen LogP contribution in [-0.4, -0.2) is 19.1 Å². The second-order valence-corrected chi connectivity index (χ2v) is 18.9. The molecule has 0 saturated carbocycles. The third-order valence-corrected chi connectivity index (χ3v) is 14.1. The Morgan fingerprint density at radius 1 is 0.371 bits per heavy atom. The van der Waals surface area contributed by atoms with E-state index in [1.54, 1.807) is 0 Å². The van der Waals surface area contributed by atoms with Crippen LogP contribution in [-0.2, 0) is 0 Å². The molecule has 0 fully saturated rings. The molecule has 12 aromatic rings. The van der Waals surface area contributed by atoms with Crippen molar-refractivity contribution in [3.63, 3.8) is 0 Å². The Morgan fingerprint density at radius 3 is 1.24 bits per heavy atom. The van der Waals surface area contributed by atoms with E-state index in [1.165, 1.54) is 55.6 Å². The summed E-state index contributed by atoms with van der Waals surface area (Å²) in [5.74, 6) is 0.558. The Morgan fingerprint density at radius 2 is 0.786 bits per heavy atom. The topological polar surface area (TPSA) is 59.4 Å². The lowest BCUT2D eigenvalue weighted by Gasteiger charge is -2.19. The number of hydrogen-bond acceptors (Lipinski definition) is 3. The molecule has 12 rings (SSSR count). The summed E-state index contributed by atoms with van der Waals surface area (Å²) in [4.78, 5) is 10.9. The molecule has 0 radical (unpaired) electrons. The summed E-state index contributed by atoms with van der Waals surface area (Å²) < 4.78 is 4.58. The average Bonchev–Trinajstić information content (AvgIpc) is 3.88. The maximum absolute atomic E-state index is 11.5. The Labute approximate surface area is 408 Å². The second kappa shape index (κ2) is 16.7. The zero-order chi connectivity index (χ0) is 47.8. The molecule has 9 aromatic carbocycles. The van der Waals surface area contributed by atoms with Crippen LogP contribution in [0.1, 0.15) is 38.9 Å². The van der Waals surface area contributed by atoms with Gasteiger partial charge in [-0.05, 0) is 141 Å². The molecule has 0 unspecified atom stereocenters. The van der Waals surface area contributed by atoms with Crippen molar-refractivity contribution in [3.05, 3.63) is 227 Å². The monoisotopic (exact) mass is 899 g/mol. The SMILES string of the molecule is Cc1cc(C)c(-c2ccc3c(c2)c2ccccc2n3-c2cc(-c3nc(-c4ccccc4)cc(-c4ccccc4)n3)c(-n3c4ccccc4c4cc(-c5c(C)cc(C)cc5C)ccc43)cc2C#N)c(C)c1. The first-order chi connectivity index (χ1) is 34.1. The molecule has 0 amide bonds. The molecule has 70 heavy (non-hydrogen) atoms. The molecule has 0 bridgehead atoms. The summed E-state index contributed by atoms with van der Waals surface area (Å²) in [6, 6.07) is 69.4. The molecule has 0 saturated heterocycles. The summed E-state index contributed by atoms with van der Waals surface area (Å²) in [6.45, 7) is 13.1. The van der Waals surface area contributed by atoms with Crippen molar-refractivity contribution in [2.75, 3.05) is 0 Å². The Balaban J connectivity index is 1.18. The predicted molar refractivity (Wildman–Crippen MR) is 291 cm³/mol. The number of nitrogens with zero attached hydrogens (tertiary/aromatic N) is 5. The van der Waals surface area contributed by atoms with Gasteiger partial charge in [0.15, 0.2) is 5.82 Å². The Bertz CT molecular complexity index is 4020. The first kappa shape index (κ1) is 42.5. The Hall–Kier alpha value is -8.85. The second-order valence-electron chi connectivity index (χ2n) is 18.9. The van der Waals surface area contributed by atoms with Gasteiger partial charge in [0.2, 0.25) is 0 Å². The van der Waals surface area contributed by atoms with Crippen LogP contribution in [0.5, 0.6) is 0 Å².